The molecule has 2 rings (SSSR count). The van der Waals surface area contributed by atoms with Crippen LogP contribution < -0.4 is 5.69 Å². The van der Waals surface area contributed by atoms with Crippen molar-refractivity contribution in [1.29, 1.82) is 0 Å². The Bertz CT molecular complexity index is 639. The van der Waals surface area contributed by atoms with Gasteiger partial charge in [0, 0.05) is 12.6 Å². The molecular weight excluding hydrogens is 220 g/mol. The van der Waals surface area contributed by atoms with E-state index < -0.39 is 5.69 Å². The maximum Gasteiger partial charge on any atom is 0.368 e. The van der Waals surface area contributed by atoms with E-state index in [1.54, 1.807) is 24.3 Å². The van der Waals surface area contributed by atoms with Crippen LogP contribution in [0.25, 0.3) is 11.8 Å². The van der Waals surface area contributed by atoms with Crippen molar-refractivity contribution in [2.75, 3.05) is 0 Å². The fraction of sp³-hybridized carbons (Fsp3) is 0.0909. The van der Waals surface area contributed by atoms with Gasteiger partial charge in [-0.05, 0) is 22.1 Å². The summed E-state index contributed by atoms with van der Waals surface area (Å²) in [5.74, 6) is 0. The molecule has 2 aromatic rings. The highest BCUT2D eigenvalue weighted by Gasteiger charge is 2.12. The quantitative estimate of drug-likeness (QED) is 0.716. The largest absolute Gasteiger partial charge is 0.368 e. The molecule has 0 amide bonds. The molecular formula is C11H10N4O2. The van der Waals surface area contributed by atoms with E-state index in [9.17, 15) is 9.59 Å². The normalized spacial score (nSPS) is 10.2. The number of carbonyl (C=O) groups excluding carboxylic acids is 1. The molecule has 6 heteroatoms. The number of aldehydes is 1. The predicted molar refractivity (Wildman–Crippen MR) is 62.1 cm³/mol. The summed E-state index contributed by atoms with van der Waals surface area (Å²) in [6, 6.07) is 5.09. The Hall–Kier alpha value is -2.50. The molecule has 0 fully saturated rings. The number of rotatable bonds is 3. The van der Waals surface area contributed by atoms with E-state index in [-0.39, 0.29) is 0 Å². The SMILES string of the molecule is C=Cc1cccc(-n2nnn(C)c2=O)c1C=O. The van der Waals surface area contributed by atoms with Gasteiger partial charge in [0.05, 0.1) is 5.69 Å². The summed E-state index contributed by atoms with van der Waals surface area (Å²) in [5, 5.41) is 7.29. The van der Waals surface area contributed by atoms with Gasteiger partial charge in [0.15, 0.2) is 6.29 Å². The van der Waals surface area contributed by atoms with E-state index in [1.807, 2.05) is 0 Å². The number of nitrogens with zero attached hydrogens (tertiary/aromatic N) is 4. The van der Waals surface area contributed by atoms with Gasteiger partial charge in [0.2, 0.25) is 0 Å². The topological polar surface area (TPSA) is 69.8 Å². The van der Waals surface area contributed by atoms with Crippen LogP contribution in [0.1, 0.15) is 15.9 Å². The Kier molecular flexibility index (Phi) is 2.70. The summed E-state index contributed by atoms with van der Waals surface area (Å²) in [6.07, 6.45) is 2.22. The summed E-state index contributed by atoms with van der Waals surface area (Å²) in [7, 11) is 1.49. The summed E-state index contributed by atoms with van der Waals surface area (Å²) in [4.78, 5) is 22.8. The predicted octanol–water partition coefficient (Wildman–Crippen LogP) is 0.421. The number of tetrazole rings is 1. The molecule has 86 valence electrons. The van der Waals surface area contributed by atoms with E-state index in [0.717, 1.165) is 9.36 Å². The molecule has 0 atom stereocenters. The van der Waals surface area contributed by atoms with Crippen LogP contribution in [0.15, 0.2) is 29.6 Å². The zero-order valence-electron chi connectivity index (χ0n) is 9.20. The van der Waals surface area contributed by atoms with Gasteiger partial charge in [0.1, 0.15) is 0 Å². The van der Waals surface area contributed by atoms with Crippen molar-refractivity contribution in [2.45, 2.75) is 0 Å². The smallest absolute Gasteiger partial charge is 0.298 e. The summed E-state index contributed by atoms with van der Waals surface area (Å²) in [5.41, 5.74) is 1.00. The van der Waals surface area contributed by atoms with Gasteiger partial charge < -0.3 is 0 Å². The van der Waals surface area contributed by atoms with Gasteiger partial charge in [-0.2, -0.15) is 9.36 Å². The number of hydrogen-bond donors (Lipinski definition) is 0. The highest BCUT2D eigenvalue weighted by Crippen LogP contribution is 2.15. The Labute approximate surface area is 96.8 Å². The number of aromatic nitrogens is 4. The van der Waals surface area contributed by atoms with Crippen molar-refractivity contribution >= 4 is 12.4 Å². The first-order valence-electron chi connectivity index (χ1n) is 4.89. The molecule has 1 aromatic carbocycles. The lowest BCUT2D eigenvalue weighted by Crippen LogP contribution is -2.23. The first kappa shape index (κ1) is 11.0. The Balaban J connectivity index is 2.76. The van der Waals surface area contributed by atoms with Crippen LogP contribution in [0.5, 0.6) is 0 Å². The Morgan fingerprint density at radius 2 is 2.12 bits per heavy atom. The molecule has 0 bridgehead atoms. The lowest BCUT2D eigenvalue weighted by atomic mass is 10.1. The monoisotopic (exact) mass is 230 g/mol. The molecule has 1 aromatic heterocycles. The first-order valence-corrected chi connectivity index (χ1v) is 4.89. The molecule has 0 spiro atoms. The van der Waals surface area contributed by atoms with Gasteiger partial charge in [-0.25, -0.2) is 4.79 Å². The van der Waals surface area contributed by atoms with Crippen LogP contribution in [0.2, 0.25) is 0 Å². The maximum absolute atomic E-state index is 11.7. The van der Waals surface area contributed by atoms with Crippen molar-refractivity contribution in [3.63, 3.8) is 0 Å². The van der Waals surface area contributed by atoms with Crippen molar-refractivity contribution in [2.24, 2.45) is 7.05 Å². The fourth-order valence-electron chi connectivity index (χ4n) is 1.53. The Morgan fingerprint density at radius 1 is 1.35 bits per heavy atom. The highest BCUT2D eigenvalue weighted by atomic mass is 16.2. The average Bonchev–Trinajstić information content (AvgIpc) is 2.69. The number of aryl methyl sites for hydroxylation is 1. The van der Waals surface area contributed by atoms with E-state index in [0.29, 0.717) is 23.1 Å². The minimum absolute atomic E-state index is 0.366. The minimum atomic E-state index is -0.408. The van der Waals surface area contributed by atoms with Gasteiger partial charge in [-0.15, -0.1) is 0 Å². The molecule has 0 N–H and O–H groups in total. The van der Waals surface area contributed by atoms with Gasteiger partial charge in [-0.3, -0.25) is 4.79 Å². The second-order valence-corrected chi connectivity index (χ2v) is 3.40. The maximum atomic E-state index is 11.7. The third-order valence-electron chi connectivity index (χ3n) is 2.40. The summed E-state index contributed by atoms with van der Waals surface area (Å²) in [6.45, 7) is 3.61. The van der Waals surface area contributed by atoms with Crippen LogP contribution >= 0.6 is 0 Å². The molecule has 0 radical (unpaired) electrons. The second-order valence-electron chi connectivity index (χ2n) is 3.40. The third kappa shape index (κ3) is 1.69. The minimum Gasteiger partial charge on any atom is -0.298 e. The number of benzene rings is 1. The molecule has 0 aliphatic carbocycles. The second kappa shape index (κ2) is 4.17. The fourth-order valence-corrected chi connectivity index (χ4v) is 1.53. The number of carbonyl (C=O) groups is 1. The molecule has 17 heavy (non-hydrogen) atoms. The lowest BCUT2D eigenvalue weighted by molar-refractivity contribution is 0.112. The standard InChI is InChI=1S/C11H10N4O2/c1-3-8-5-4-6-10(9(8)7-16)15-11(17)14(2)12-13-15/h3-7H,1H2,2H3. The van der Waals surface area contributed by atoms with Crippen LogP contribution in [0.3, 0.4) is 0 Å². The van der Waals surface area contributed by atoms with Crippen LogP contribution in [-0.4, -0.2) is 26.1 Å². The van der Waals surface area contributed by atoms with E-state index in [2.05, 4.69) is 17.0 Å². The third-order valence-corrected chi connectivity index (χ3v) is 2.40. The highest BCUT2D eigenvalue weighted by molar-refractivity contribution is 5.86. The first-order chi connectivity index (χ1) is 8.19. The molecule has 0 unspecified atom stereocenters. The van der Waals surface area contributed by atoms with E-state index in [1.165, 1.54) is 7.05 Å². The van der Waals surface area contributed by atoms with Crippen molar-refractivity contribution in [3.05, 3.63) is 46.4 Å². The van der Waals surface area contributed by atoms with Crippen molar-refractivity contribution in [3.8, 4) is 5.69 Å². The van der Waals surface area contributed by atoms with Crippen molar-refractivity contribution < 1.29 is 4.79 Å². The van der Waals surface area contributed by atoms with Gasteiger partial charge in [0.25, 0.3) is 0 Å². The zero-order chi connectivity index (χ0) is 12.4. The van der Waals surface area contributed by atoms with Gasteiger partial charge >= 0.3 is 5.69 Å². The van der Waals surface area contributed by atoms with Crippen LogP contribution in [0.4, 0.5) is 0 Å². The Morgan fingerprint density at radius 3 is 2.65 bits per heavy atom. The van der Waals surface area contributed by atoms with E-state index >= 15 is 0 Å². The molecule has 0 saturated carbocycles. The average molecular weight is 230 g/mol. The molecule has 0 aliphatic rings. The van der Waals surface area contributed by atoms with Gasteiger partial charge in [-0.1, -0.05) is 24.8 Å². The molecule has 6 nitrogen and oxygen atoms in total. The van der Waals surface area contributed by atoms with E-state index in [4.69, 9.17) is 0 Å². The molecule has 1 heterocycles. The number of hydrogen-bond acceptors (Lipinski definition) is 4. The van der Waals surface area contributed by atoms with Crippen LogP contribution in [-0.2, 0) is 7.05 Å². The summed E-state index contributed by atoms with van der Waals surface area (Å²) < 4.78 is 2.17. The zero-order valence-corrected chi connectivity index (χ0v) is 9.20. The van der Waals surface area contributed by atoms with Crippen LogP contribution in [0, 0.1) is 0 Å². The summed E-state index contributed by atoms with van der Waals surface area (Å²) >= 11 is 0. The molecule has 0 aliphatic heterocycles. The molecule has 0 saturated heterocycles. The van der Waals surface area contributed by atoms with Crippen molar-refractivity contribution in [1.82, 2.24) is 19.8 Å². The lowest BCUT2D eigenvalue weighted by Gasteiger charge is -2.05.